The highest BCUT2D eigenvalue weighted by molar-refractivity contribution is 5.80. The molecule has 2 N–H and O–H groups in total. The summed E-state index contributed by atoms with van der Waals surface area (Å²) in [7, 11) is 0. The van der Waals surface area contributed by atoms with Gasteiger partial charge in [0, 0.05) is 18.5 Å². The normalized spacial score (nSPS) is 23.4. The summed E-state index contributed by atoms with van der Waals surface area (Å²) in [4.78, 5) is 12.0. The quantitative estimate of drug-likeness (QED) is 0.876. The Labute approximate surface area is 124 Å². The molecule has 0 spiro atoms. The monoisotopic (exact) mass is 295 g/mol. The maximum Gasteiger partial charge on any atom is 0.260 e. The van der Waals surface area contributed by atoms with E-state index < -0.39 is 11.9 Å². The Morgan fingerprint density at radius 3 is 2.95 bits per heavy atom. The fourth-order valence-corrected chi connectivity index (χ4v) is 2.60. The molecule has 1 aromatic carbocycles. The fourth-order valence-electron chi connectivity index (χ4n) is 2.60. The summed E-state index contributed by atoms with van der Waals surface area (Å²) in [6.45, 7) is 2.08. The second kappa shape index (κ2) is 7.41. The number of halogens is 1. The van der Waals surface area contributed by atoms with E-state index in [1.807, 2.05) is 0 Å². The molecular weight excluding hydrogens is 273 g/mol. The maximum absolute atomic E-state index is 13.0. The number of rotatable bonds is 5. The third-order valence-corrected chi connectivity index (χ3v) is 3.89. The van der Waals surface area contributed by atoms with Crippen molar-refractivity contribution >= 4 is 5.91 Å². The number of benzene rings is 1. The molecule has 3 unspecified atom stereocenters. The van der Waals surface area contributed by atoms with E-state index in [1.54, 1.807) is 13.0 Å². The van der Waals surface area contributed by atoms with Crippen molar-refractivity contribution in [3.63, 3.8) is 0 Å². The summed E-state index contributed by atoms with van der Waals surface area (Å²) in [6.07, 6.45) is 2.83. The van der Waals surface area contributed by atoms with Crippen LogP contribution in [0.5, 0.6) is 5.75 Å². The molecule has 1 fully saturated rings. The molecule has 0 bridgehead atoms. The first-order valence-electron chi connectivity index (χ1n) is 7.44. The van der Waals surface area contributed by atoms with Crippen LogP contribution in [0.2, 0.25) is 0 Å². The summed E-state index contributed by atoms with van der Waals surface area (Å²) in [5.41, 5.74) is 0. The average molecular weight is 295 g/mol. The van der Waals surface area contributed by atoms with Crippen molar-refractivity contribution in [3.05, 3.63) is 30.1 Å². The second-order valence-corrected chi connectivity index (χ2v) is 5.57. The Hall–Kier alpha value is -1.62. The molecule has 2 rings (SSSR count). The fraction of sp³-hybridized carbons (Fsp3) is 0.562. The Morgan fingerprint density at radius 2 is 2.24 bits per heavy atom. The van der Waals surface area contributed by atoms with Crippen molar-refractivity contribution in [3.8, 4) is 5.75 Å². The molecule has 4 nitrogen and oxygen atoms in total. The van der Waals surface area contributed by atoms with Gasteiger partial charge in [0.2, 0.25) is 0 Å². The van der Waals surface area contributed by atoms with Crippen LogP contribution in [-0.4, -0.2) is 29.8 Å². The second-order valence-electron chi connectivity index (χ2n) is 5.57. The number of amides is 1. The third-order valence-electron chi connectivity index (χ3n) is 3.89. The van der Waals surface area contributed by atoms with Gasteiger partial charge < -0.3 is 15.2 Å². The molecule has 116 valence electrons. The van der Waals surface area contributed by atoms with Crippen molar-refractivity contribution in [2.75, 3.05) is 6.54 Å². The van der Waals surface area contributed by atoms with Gasteiger partial charge in [0.1, 0.15) is 11.6 Å². The predicted molar refractivity (Wildman–Crippen MR) is 77.5 cm³/mol. The van der Waals surface area contributed by atoms with Crippen molar-refractivity contribution in [2.24, 2.45) is 5.92 Å². The minimum absolute atomic E-state index is 0.115. The number of nitrogens with one attached hydrogen (secondary N) is 1. The summed E-state index contributed by atoms with van der Waals surface area (Å²) in [6, 6.07) is 5.71. The van der Waals surface area contributed by atoms with Crippen molar-refractivity contribution in [1.82, 2.24) is 5.32 Å². The van der Waals surface area contributed by atoms with Gasteiger partial charge in [-0.1, -0.05) is 18.9 Å². The van der Waals surface area contributed by atoms with Crippen LogP contribution >= 0.6 is 0 Å². The van der Waals surface area contributed by atoms with Gasteiger partial charge >= 0.3 is 0 Å². The van der Waals surface area contributed by atoms with Gasteiger partial charge in [0.25, 0.3) is 5.91 Å². The molecule has 1 aromatic rings. The molecule has 0 aromatic heterocycles. The molecule has 0 radical (unpaired) electrons. The van der Waals surface area contributed by atoms with Gasteiger partial charge in [0.05, 0.1) is 6.10 Å². The SMILES string of the molecule is CC(Oc1cccc(F)c1)C(=O)NCC1CCCCC1O. The molecule has 3 atom stereocenters. The van der Waals surface area contributed by atoms with E-state index in [0.717, 1.165) is 25.7 Å². The maximum atomic E-state index is 13.0. The van der Waals surface area contributed by atoms with E-state index in [2.05, 4.69) is 5.32 Å². The molecule has 0 aliphatic heterocycles. The summed E-state index contributed by atoms with van der Waals surface area (Å²) in [5, 5.41) is 12.7. The molecule has 0 saturated heterocycles. The summed E-state index contributed by atoms with van der Waals surface area (Å²) in [5.74, 6) is -0.207. The highest BCUT2D eigenvalue weighted by atomic mass is 19.1. The number of hydrogen-bond acceptors (Lipinski definition) is 3. The minimum atomic E-state index is -0.701. The molecule has 0 heterocycles. The number of carbonyl (C=O) groups is 1. The lowest BCUT2D eigenvalue weighted by atomic mass is 9.86. The average Bonchev–Trinajstić information content (AvgIpc) is 2.46. The van der Waals surface area contributed by atoms with Crippen LogP contribution in [0.15, 0.2) is 24.3 Å². The van der Waals surface area contributed by atoms with Gasteiger partial charge in [-0.2, -0.15) is 0 Å². The van der Waals surface area contributed by atoms with Crippen LogP contribution in [-0.2, 0) is 4.79 Å². The van der Waals surface area contributed by atoms with Gasteiger partial charge in [-0.25, -0.2) is 4.39 Å². The van der Waals surface area contributed by atoms with Crippen LogP contribution in [0.25, 0.3) is 0 Å². The molecule has 1 aliphatic carbocycles. The number of ether oxygens (including phenoxy) is 1. The highest BCUT2D eigenvalue weighted by Crippen LogP contribution is 2.23. The molecule has 5 heteroatoms. The van der Waals surface area contributed by atoms with Crippen molar-refractivity contribution < 1.29 is 19.0 Å². The standard InChI is InChI=1S/C16H22FNO3/c1-11(21-14-7-4-6-13(17)9-14)16(20)18-10-12-5-2-3-8-15(12)19/h4,6-7,9,11-12,15,19H,2-3,5,8,10H2,1H3,(H,18,20). The predicted octanol–water partition coefficient (Wildman–Crippen LogP) is 2.26. The zero-order valence-electron chi connectivity index (χ0n) is 12.2. The molecule has 21 heavy (non-hydrogen) atoms. The van der Waals surface area contributed by atoms with Crippen molar-refractivity contribution in [2.45, 2.75) is 44.8 Å². The summed E-state index contributed by atoms with van der Waals surface area (Å²) < 4.78 is 18.5. The zero-order valence-corrected chi connectivity index (χ0v) is 12.2. The first-order valence-corrected chi connectivity index (χ1v) is 7.44. The zero-order chi connectivity index (χ0) is 15.2. The number of hydrogen-bond donors (Lipinski definition) is 2. The van der Waals surface area contributed by atoms with E-state index in [9.17, 15) is 14.3 Å². The van der Waals surface area contributed by atoms with E-state index in [4.69, 9.17) is 4.74 Å². The van der Waals surface area contributed by atoms with Crippen LogP contribution in [0, 0.1) is 11.7 Å². The van der Waals surface area contributed by atoms with Crippen LogP contribution in [0.3, 0.4) is 0 Å². The largest absolute Gasteiger partial charge is 0.481 e. The van der Waals surface area contributed by atoms with Gasteiger partial charge in [0.15, 0.2) is 6.10 Å². The lowest BCUT2D eigenvalue weighted by Crippen LogP contribution is -2.42. The Balaban J connectivity index is 1.79. The van der Waals surface area contributed by atoms with E-state index >= 15 is 0 Å². The Morgan fingerprint density at radius 1 is 1.48 bits per heavy atom. The number of aliphatic hydroxyl groups excluding tert-OH is 1. The molecule has 1 amide bonds. The lowest BCUT2D eigenvalue weighted by Gasteiger charge is -2.28. The minimum Gasteiger partial charge on any atom is -0.481 e. The molecule has 1 aliphatic rings. The molecule has 1 saturated carbocycles. The van der Waals surface area contributed by atoms with E-state index in [1.165, 1.54) is 18.2 Å². The smallest absolute Gasteiger partial charge is 0.260 e. The van der Waals surface area contributed by atoms with Gasteiger partial charge in [-0.05, 0) is 31.9 Å². The lowest BCUT2D eigenvalue weighted by molar-refractivity contribution is -0.127. The van der Waals surface area contributed by atoms with E-state index in [0.29, 0.717) is 12.3 Å². The third kappa shape index (κ3) is 4.70. The Bertz CT molecular complexity index is 480. The topological polar surface area (TPSA) is 58.6 Å². The van der Waals surface area contributed by atoms with Crippen LogP contribution < -0.4 is 10.1 Å². The number of aliphatic hydroxyl groups is 1. The highest BCUT2D eigenvalue weighted by Gasteiger charge is 2.24. The summed E-state index contributed by atoms with van der Waals surface area (Å²) >= 11 is 0. The van der Waals surface area contributed by atoms with Crippen LogP contribution in [0.4, 0.5) is 4.39 Å². The van der Waals surface area contributed by atoms with Crippen LogP contribution in [0.1, 0.15) is 32.6 Å². The first-order chi connectivity index (χ1) is 10.1. The van der Waals surface area contributed by atoms with Gasteiger partial charge in [-0.3, -0.25) is 4.79 Å². The Kier molecular flexibility index (Phi) is 5.56. The first kappa shape index (κ1) is 15.8. The molecular formula is C16H22FNO3. The van der Waals surface area contributed by atoms with Gasteiger partial charge in [-0.15, -0.1) is 0 Å². The number of carbonyl (C=O) groups excluding carboxylic acids is 1. The van der Waals surface area contributed by atoms with E-state index in [-0.39, 0.29) is 17.9 Å². The van der Waals surface area contributed by atoms with Crippen molar-refractivity contribution in [1.29, 1.82) is 0 Å².